The van der Waals surface area contributed by atoms with Gasteiger partial charge in [-0.1, -0.05) is 54.6 Å². The van der Waals surface area contributed by atoms with Crippen molar-refractivity contribution in [3.8, 4) is 5.75 Å². The molecule has 3 heteroatoms. The molecule has 25 heavy (non-hydrogen) atoms. The van der Waals surface area contributed by atoms with E-state index >= 15 is 0 Å². The van der Waals surface area contributed by atoms with Crippen LogP contribution in [0.25, 0.3) is 33.9 Å². The molecule has 1 heterocycles. The largest absolute Gasteiger partial charge is 0.496 e. The van der Waals surface area contributed by atoms with E-state index in [-0.39, 0.29) is 5.63 Å². The molecule has 0 aliphatic heterocycles. The standard InChI is InChI=1S/C22H16O3/c1-24-20-9-5-8-19-18(20)13-12-17-16(14-21(23)25-22(17)19)11-10-15-6-3-2-4-7-15/h2-14H,1H3/b11-10+. The molecule has 0 aliphatic rings. The third-order valence-corrected chi connectivity index (χ3v) is 4.23. The monoisotopic (exact) mass is 328 g/mol. The lowest BCUT2D eigenvalue weighted by molar-refractivity contribution is 0.420. The van der Waals surface area contributed by atoms with Crippen LogP contribution in [-0.4, -0.2) is 7.11 Å². The zero-order valence-electron chi connectivity index (χ0n) is 13.7. The third-order valence-electron chi connectivity index (χ3n) is 4.23. The minimum Gasteiger partial charge on any atom is -0.496 e. The quantitative estimate of drug-likeness (QED) is 0.387. The Kier molecular flexibility index (Phi) is 3.82. The molecule has 0 atom stereocenters. The molecule has 0 bridgehead atoms. The first-order chi connectivity index (χ1) is 12.3. The molecule has 0 unspecified atom stereocenters. The van der Waals surface area contributed by atoms with Crippen molar-refractivity contribution >= 4 is 33.9 Å². The highest BCUT2D eigenvalue weighted by atomic mass is 16.5. The Morgan fingerprint density at radius 3 is 2.44 bits per heavy atom. The maximum Gasteiger partial charge on any atom is 0.336 e. The van der Waals surface area contributed by atoms with Crippen LogP contribution in [0.2, 0.25) is 0 Å². The molecule has 0 N–H and O–H groups in total. The number of methoxy groups -OCH3 is 1. The lowest BCUT2D eigenvalue weighted by Gasteiger charge is -2.08. The normalized spacial score (nSPS) is 11.4. The highest BCUT2D eigenvalue weighted by molar-refractivity contribution is 6.08. The van der Waals surface area contributed by atoms with Gasteiger partial charge in [-0.05, 0) is 29.3 Å². The molecule has 0 radical (unpaired) electrons. The van der Waals surface area contributed by atoms with Gasteiger partial charge >= 0.3 is 5.63 Å². The van der Waals surface area contributed by atoms with Crippen LogP contribution in [0.4, 0.5) is 0 Å². The van der Waals surface area contributed by atoms with Gasteiger partial charge in [-0.15, -0.1) is 0 Å². The molecule has 122 valence electrons. The van der Waals surface area contributed by atoms with Crippen LogP contribution in [0.5, 0.6) is 5.75 Å². The summed E-state index contributed by atoms with van der Waals surface area (Å²) >= 11 is 0. The van der Waals surface area contributed by atoms with E-state index in [2.05, 4.69) is 0 Å². The molecule has 0 aliphatic carbocycles. The van der Waals surface area contributed by atoms with Gasteiger partial charge in [0, 0.05) is 22.2 Å². The van der Waals surface area contributed by atoms with E-state index in [0.29, 0.717) is 5.58 Å². The molecule has 4 aromatic rings. The average molecular weight is 328 g/mol. The summed E-state index contributed by atoms with van der Waals surface area (Å²) < 4.78 is 10.9. The molecule has 1 aromatic heterocycles. The lowest BCUT2D eigenvalue weighted by Crippen LogP contribution is -1.98. The third kappa shape index (κ3) is 2.81. The Bertz CT molecular complexity index is 1140. The maximum atomic E-state index is 12.1. The van der Waals surface area contributed by atoms with Gasteiger partial charge in [-0.25, -0.2) is 4.79 Å². The molecule has 0 saturated heterocycles. The minimum atomic E-state index is -0.365. The van der Waals surface area contributed by atoms with Crippen LogP contribution in [0.3, 0.4) is 0 Å². The summed E-state index contributed by atoms with van der Waals surface area (Å²) in [5.41, 5.74) is 2.12. The van der Waals surface area contributed by atoms with Crippen molar-refractivity contribution in [1.29, 1.82) is 0 Å². The Labute approximate surface area is 144 Å². The Morgan fingerprint density at radius 1 is 0.840 bits per heavy atom. The molecule has 3 nitrogen and oxygen atoms in total. The summed E-state index contributed by atoms with van der Waals surface area (Å²) in [6.45, 7) is 0. The first-order valence-corrected chi connectivity index (χ1v) is 8.03. The molecular formula is C22H16O3. The van der Waals surface area contributed by atoms with E-state index in [1.165, 1.54) is 6.07 Å². The van der Waals surface area contributed by atoms with Crippen molar-refractivity contribution in [1.82, 2.24) is 0 Å². The second-order valence-electron chi connectivity index (χ2n) is 5.76. The molecule has 4 rings (SSSR count). The zero-order valence-corrected chi connectivity index (χ0v) is 13.7. The fraction of sp³-hybridized carbons (Fsp3) is 0.0455. The van der Waals surface area contributed by atoms with Crippen LogP contribution < -0.4 is 10.4 Å². The average Bonchev–Trinajstić information content (AvgIpc) is 2.66. The van der Waals surface area contributed by atoms with Gasteiger partial charge in [0.05, 0.1) is 7.11 Å². The second-order valence-corrected chi connectivity index (χ2v) is 5.76. The van der Waals surface area contributed by atoms with Gasteiger partial charge in [0.15, 0.2) is 0 Å². The van der Waals surface area contributed by atoms with Gasteiger partial charge in [-0.2, -0.15) is 0 Å². The predicted molar refractivity (Wildman–Crippen MR) is 102 cm³/mol. The first kappa shape index (κ1) is 15.2. The van der Waals surface area contributed by atoms with Crippen LogP contribution in [-0.2, 0) is 0 Å². The van der Waals surface area contributed by atoms with Crippen LogP contribution in [0.1, 0.15) is 11.1 Å². The summed E-state index contributed by atoms with van der Waals surface area (Å²) in [4.78, 5) is 12.1. The van der Waals surface area contributed by atoms with Crippen molar-refractivity contribution in [3.63, 3.8) is 0 Å². The topological polar surface area (TPSA) is 39.4 Å². The second kappa shape index (κ2) is 6.29. The highest BCUT2D eigenvalue weighted by Gasteiger charge is 2.10. The minimum absolute atomic E-state index is 0.365. The van der Waals surface area contributed by atoms with E-state index in [1.54, 1.807) is 7.11 Å². The van der Waals surface area contributed by atoms with Crippen LogP contribution >= 0.6 is 0 Å². The molecule has 3 aromatic carbocycles. The predicted octanol–water partition coefficient (Wildman–Crippen LogP) is 5.13. The summed E-state index contributed by atoms with van der Waals surface area (Å²) in [6, 6.07) is 21.2. The number of ether oxygens (including phenoxy) is 1. The fourth-order valence-corrected chi connectivity index (χ4v) is 3.04. The number of rotatable bonds is 3. The lowest BCUT2D eigenvalue weighted by atomic mass is 10.0. The summed E-state index contributed by atoms with van der Waals surface area (Å²) in [7, 11) is 1.63. The van der Waals surface area contributed by atoms with Crippen LogP contribution in [0.15, 0.2) is 75.9 Å². The van der Waals surface area contributed by atoms with Gasteiger partial charge in [0.2, 0.25) is 0 Å². The van der Waals surface area contributed by atoms with E-state index in [1.807, 2.05) is 72.8 Å². The summed E-state index contributed by atoms with van der Waals surface area (Å²) in [6.07, 6.45) is 3.94. The number of fused-ring (bicyclic) bond motifs is 3. The first-order valence-electron chi connectivity index (χ1n) is 8.03. The molecule has 0 saturated carbocycles. The zero-order chi connectivity index (χ0) is 17.2. The number of hydrogen-bond donors (Lipinski definition) is 0. The molecule has 0 fully saturated rings. The van der Waals surface area contributed by atoms with E-state index in [4.69, 9.17) is 9.15 Å². The smallest absolute Gasteiger partial charge is 0.336 e. The van der Waals surface area contributed by atoms with Crippen molar-refractivity contribution in [2.24, 2.45) is 0 Å². The fourth-order valence-electron chi connectivity index (χ4n) is 3.04. The SMILES string of the molecule is COc1cccc2c1ccc1c(/C=C/c3ccccc3)cc(=O)oc12. The van der Waals surface area contributed by atoms with E-state index in [9.17, 15) is 4.79 Å². The van der Waals surface area contributed by atoms with Gasteiger partial charge in [-0.3, -0.25) is 0 Å². The van der Waals surface area contributed by atoms with Crippen molar-refractivity contribution in [3.05, 3.63) is 88.3 Å². The number of hydrogen-bond acceptors (Lipinski definition) is 3. The van der Waals surface area contributed by atoms with E-state index in [0.717, 1.165) is 33.0 Å². The maximum absolute atomic E-state index is 12.1. The molecule has 0 amide bonds. The van der Waals surface area contributed by atoms with Crippen molar-refractivity contribution in [2.45, 2.75) is 0 Å². The summed E-state index contributed by atoms with van der Waals surface area (Å²) in [5, 5.41) is 2.68. The van der Waals surface area contributed by atoms with Gasteiger partial charge in [0.1, 0.15) is 11.3 Å². The van der Waals surface area contributed by atoms with Gasteiger partial charge < -0.3 is 9.15 Å². The molecule has 0 spiro atoms. The molecular weight excluding hydrogens is 312 g/mol. The Hall–Kier alpha value is -3.33. The Morgan fingerprint density at radius 2 is 1.64 bits per heavy atom. The van der Waals surface area contributed by atoms with E-state index < -0.39 is 0 Å². The Balaban J connectivity index is 1.96. The van der Waals surface area contributed by atoms with Crippen molar-refractivity contribution < 1.29 is 9.15 Å². The van der Waals surface area contributed by atoms with Crippen LogP contribution in [0, 0.1) is 0 Å². The number of benzene rings is 3. The van der Waals surface area contributed by atoms with Crippen molar-refractivity contribution in [2.75, 3.05) is 7.11 Å². The van der Waals surface area contributed by atoms with Gasteiger partial charge in [0.25, 0.3) is 0 Å². The highest BCUT2D eigenvalue weighted by Crippen LogP contribution is 2.32. The summed E-state index contributed by atoms with van der Waals surface area (Å²) in [5.74, 6) is 0.757.